The van der Waals surface area contributed by atoms with Crippen LogP contribution in [-0.4, -0.2) is 53.4 Å². The molecule has 1 aliphatic rings. The van der Waals surface area contributed by atoms with Gasteiger partial charge in [-0.3, -0.25) is 9.39 Å². The molecule has 0 radical (unpaired) electrons. The molecule has 2 heterocycles. The zero-order valence-electron chi connectivity index (χ0n) is 16.5. The highest BCUT2D eigenvalue weighted by Crippen LogP contribution is 2.30. The second kappa shape index (κ2) is 10.3. The van der Waals surface area contributed by atoms with Gasteiger partial charge in [0.15, 0.2) is 11.6 Å². The van der Waals surface area contributed by atoms with Gasteiger partial charge in [-0.15, -0.1) is 10.2 Å². The first-order valence-electron chi connectivity index (χ1n) is 10.2. The van der Waals surface area contributed by atoms with Crippen LogP contribution < -0.4 is 10.6 Å². The van der Waals surface area contributed by atoms with Crippen LogP contribution in [0.25, 0.3) is 5.65 Å². The smallest absolute Gasteiger partial charge is 0.190 e. The van der Waals surface area contributed by atoms with E-state index in [0.717, 1.165) is 55.9 Å². The predicted octanol–water partition coefficient (Wildman–Crippen LogP) is 2.42. The molecule has 0 aliphatic heterocycles. The number of ether oxygens (including phenoxy) is 1. The van der Waals surface area contributed by atoms with Crippen LogP contribution in [0.1, 0.15) is 44.9 Å². The minimum atomic E-state index is 0.366. The van der Waals surface area contributed by atoms with Crippen molar-refractivity contribution in [2.75, 3.05) is 26.7 Å². The summed E-state index contributed by atoms with van der Waals surface area (Å²) >= 11 is 0. The van der Waals surface area contributed by atoms with Crippen LogP contribution in [-0.2, 0) is 11.2 Å². The molecule has 1 atom stereocenters. The van der Waals surface area contributed by atoms with E-state index in [4.69, 9.17) is 4.74 Å². The van der Waals surface area contributed by atoms with Crippen LogP contribution in [0.15, 0.2) is 29.4 Å². The van der Waals surface area contributed by atoms with Crippen molar-refractivity contribution in [1.82, 2.24) is 25.2 Å². The SMILES string of the molecule is CCOC(CCNC(=NC)NCCc1nnc2ccccn12)C1CCCC1. The van der Waals surface area contributed by atoms with E-state index >= 15 is 0 Å². The third-order valence-corrected chi connectivity index (χ3v) is 5.28. The van der Waals surface area contributed by atoms with Crippen LogP contribution in [0.5, 0.6) is 0 Å². The Morgan fingerprint density at radius 1 is 1.26 bits per heavy atom. The Labute approximate surface area is 161 Å². The second-order valence-corrected chi connectivity index (χ2v) is 7.05. The lowest BCUT2D eigenvalue weighted by molar-refractivity contribution is 0.0169. The predicted molar refractivity (Wildman–Crippen MR) is 108 cm³/mol. The Bertz CT molecular complexity index is 722. The minimum absolute atomic E-state index is 0.366. The third-order valence-electron chi connectivity index (χ3n) is 5.28. The molecule has 7 heteroatoms. The van der Waals surface area contributed by atoms with E-state index in [1.807, 2.05) is 28.8 Å². The molecule has 1 saturated carbocycles. The van der Waals surface area contributed by atoms with Gasteiger partial charge in [0.2, 0.25) is 0 Å². The first-order valence-corrected chi connectivity index (χ1v) is 10.2. The van der Waals surface area contributed by atoms with Crippen LogP contribution >= 0.6 is 0 Å². The molecule has 148 valence electrons. The van der Waals surface area contributed by atoms with Crippen LogP contribution in [0.3, 0.4) is 0 Å². The van der Waals surface area contributed by atoms with Gasteiger partial charge < -0.3 is 15.4 Å². The zero-order chi connectivity index (χ0) is 18.9. The molecule has 7 nitrogen and oxygen atoms in total. The van der Waals surface area contributed by atoms with Crippen molar-refractivity contribution in [2.24, 2.45) is 10.9 Å². The van der Waals surface area contributed by atoms with E-state index in [2.05, 4.69) is 32.7 Å². The summed E-state index contributed by atoms with van der Waals surface area (Å²) in [6, 6.07) is 5.93. The largest absolute Gasteiger partial charge is 0.378 e. The molecule has 0 spiro atoms. The minimum Gasteiger partial charge on any atom is -0.378 e. The maximum Gasteiger partial charge on any atom is 0.190 e. The molecule has 2 aromatic heterocycles. The van der Waals surface area contributed by atoms with Gasteiger partial charge in [-0.2, -0.15) is 0 Å². The van der Waals surface area contributed by atoms with Gasteiger partial charge in [0.1, 0.15) is 5.82 Å². The molecule has 0 amide bonds. The van der Waals surface area contributed by atoms with Crippen LogP contribution in [0.4, 0.5) is 0 Å². The summed E-state index contributed by atoms with van der Waals surface area (Å²) in [6.07, 6.45) is 9.49. The molecule has 3 rings (SSSR count). The van der Waals surface area contributed by atoms with Gasteiger partial charge in [0, 0.05) is 39.4 Å². The Morgan fingerprint density at radius 3 is 2.85 bits per heavy atom. The van der Waals surface area contributed by atoms with E-state index in [1.165, 1.54) is 25.7 Å². The number of guanidine groups is 1. The molecular weight excluding hydrogens is 340 g/mol. The number of fused-ring (bicyclic) bond motifs is 1. The van der Waals surface area contributed by atoms with Gasteiger partial charge >= 0.3 is 0 Å². The van der Waals surface area contributed by atoms with Crippen molar-refractivity contribution in [2.45, 2.75) is 51.6 Å². The normalized spacial score (nSPS) is 16.7. The third kappa shape index (κ3) is 5.42. The highest BCUT2D eigenvalue weighted by Gasteiger charge is 2.25. The maximum atomic E-state index is 5.99. The molecule has 2 N–H and O–H groups in total. The Hall–Kier alpha value is -2.15. The second-order valence-electron chi connectivity index (χ2n) is 7.05. The highest BCUT2D eigenvalue weighted by molar-refractivity contribution is 5.79. The van der Waals surface area contributed by atoms with E-state index in [1.54, 1.807) is 7.05 Å². The quantitative estimate of drug-likeness (QED) is 0.522. The Balaban J connectivity index is 1.41. The number of hydrogen-bond acceptors (Lipinski definition) is 4. The maximum absolute atomic E-state index is 5.99. The van der Waals surface area contributed by atoms with Gasteiger partial charge in [0.05, 0.1) is 6.10 Å². The number of pyridine rings is 1. The van der Waals surface area contributed by atoms with Crippen LogP contribution in [0.2, 0.25) is 0 Å². The van der Waals surface area contributed by atoms with Crippen molar-refractivity contribution in [3.8, 4) is 0 Å². The first-order chi connectivity index (χ1) is 13.3. The molecule has 1 aliphatic carbocycles. The van der Waals surface area contributed by atoms with Crippen molar-refractivity contribution in [1.29, 1.82) is 0 Å². The van der Waals surface area contributed by atoms with Crippen LogP contribution in [0, 0.1) is 5.92 Å². The molecule has 1 fully saturated rings. The Morgan fingerprint density at radius 2 is 2.07 bits per heavy atom. The summed E-state index contributed by atoms with van der Waals surface area (Å²) < 4.78 is 8.01. The summed E-state index contributed by atoms with van der Waals surface area (Å²) in [4.78, 5) is 4.32. The van der Waals surface area contributed by atoms with Gasteiger partial charge in [-0.05, 0) is 44.2 Å². The molecule has 2 aromatic rings. The van der Waals surface area contributed by atoms with Gasteiger partial charge in [0.25, 0.3) is 0 Å². The zero-order valence-corrected chi connectivity index (χ0v) is 16.5. The van der Waals surface area contributed by atoms with Crippen molar-refractivity contribution < 1.29 is 4.74 Å². The van der Waals surface area contributed by atoms with Crippen molar-refractivity contribution >= 4 is 11.6 Å². The summed E-state index contributed by atoms with van der Waals surface area (Å²) in [5.41, 5.74) is 0.879. The number of nitrogens with one attached hydrogen (secondary N) is 2. The van der Waals surface area contributed by atoms with E-state index in [9.17, 15) is 0 Å². The fourth-order valence-electron chi connectivity index (χ4n) is 3.91. The summed E-state index contributed by atoms with van der Waals surface area (Å²) in [5.74, 6) is 2.50. The summed E-state index contributed by atoms with van der Waals surface area (Å²) in [7, 11) is 1.80. The topological polar surface area (TPSA) is 75.8 Å². The molecule has 1 unspecified atom stereocenters. The lowest BCUT2D eigenvalue weighted by atomic mass is 9.98. The number of aliphatic imine (C=N–C) groups is 1. The first kappa shape index (κ1) is 19.6. The molecular formula is C20H32N6O. The fourth-order valence-corrected chi connectivity index (χ4v) is 3.91. The number of rotatable bonds is 9. The fraction of sp³-hybridized carbons (Fsp3) is 0.650. The number of aromatic nitrogens is 3. The Kier molecular flexibility index (Phi) is 7.45. The monoisotopic (exact) mass is 372 g/mol. The summed E-state index contributed by atoms with van der Waals surface area (Å²) in [5, 5.41) is 15.2. The lowest BCUT2D eigenvalue weighted by Gasteiger charge is -2.24. The van der Waals surface area contributed by atoms with E-state index in [0.29, 0.717) is 6.10 Å². The average Bonchev–Trinajstić information content (AvgIpc) is 3.36. The molecule has 27 heavy (non-hydrogen) atoms. The van der Waals surface area contributed by atoms with Crippen molar-refractivity contribution in [3.05, 3.63) is 30.2 Å². The van der Waals surface area contributed by atoms with Gasteiger partial charge in [-0.1, -0.05) is 18.9 Å². The van der Waals surface area contributed by atoms with E-state index in [-0.39, 0.29) is 0 Å². The highest BCUT2D eigenvalue weighted by atomic mass is 16.5. The van der Waals surface area contributed by atoms with E-state index < -0.39 is 0 Å². The number of nitrogens with zero attached hydrogens (tertiary/aromatic N) is 4. The average molecular weight is 373 g/mol. The molecule has 0 saturated heterocycles. The van der Waals surface area contributed by atoms with Gasteiger partial charge in [-0.25, -0.2) is 0 Å². The standard InChI is InChI=1S/C20H32N6O/c1-3-27-17(16-8-4-5-9-16)11-13-22-20(21-2)23-14-12-19-25-24-18-10-6-7-15-26(18)19/h6-7,10,15-17H,3-5,8-9,11-14H2,1-2H3,(H2,21,22,23). The van der Waals surface area contributed by atoms with Crippen molar-refractivity contribution in [3.63, 3.8) is 0 Å². The number of hydrogen-bond donors (Lipinski definition) is 2. The molecule has 0 bridgehead atoms. The summed E-state index contributed by atoms with van der Waals surface area (Å²) in [6.45, 7) is 4.51. The molecule has 0 aromatic carbocycles. The lowest BCUT2D eigenvalue weighted by Crippen LogP contribution is -2.40.